The Balaban J connectivity index is 1.45. The summed E-state index contributed by atoms with van der Waals surface area (Å²) in [6.07, 6.45) is 3.30. The van der Waals surface area contributed by atoms with Gasteiger partial charge >= 0.3 is 5.97 Å². The van der Waals surface area contributed by atoms with Crippen LogP contribution in [0, 0.1) is 0 Å². The maximum absolute atomic E-state index is 12.9. The van der Waals surface area contributed by atoms with Crippen molar-refractivity contribution in [2.75, 3.05) is 30.3 Å². The van der Waals surface area contributed by atoms with Crippen LogP contribution in [0.1, 0.15) is 11.4 Å². The second-order valence-corrected chi connectivity index (χ2v) is 12.2. The SMILES string of the molecule is NCCSCc1ccncc1SC1(C(=O)O)CS[C@@H]2[C@H](NC(=O)C(=NO)c3nsc(N)n3)C(=O)N2C1. The third-order valence-corrected chi connectivity index (χ3v) is 10.1. The summed E-state index contributed by atoms with van der Waals surface area (Å²) in [5.41, 5.74) is 11.6. The number of carbonyl (C=O) groups excluding carboxylic acids is 2. The van der Waals surface area contributed by atoms with Gasteiger partial charge in [-0.05, 0) is 11.6 Å². The number of rotatable bonds is 10. The molecular formula is C19H22N8O5S4. The van der Waals surface area contributed by atoms with Crippen LogP contribution in [0.15, 0.2) is 28.5 Å². The molecule has 0 aromatic carbocycles. The number of nitrogens with zero attached hydrogens (tertiary/aromatic N) is 5. The summed E-state index contributed by atoms with van der Waals surface area (Å²) in [5, 5.41) is 24.5. The maximum Gasteiger partial charge on any atom is 0.322 e. The van der Waals surface area contributed by atoms with Crippen molar-refractivity contribution in [3.05, 3.63) is 29.8 Å². The van der Waals surface area contributed by atoms with Gasteiger partial charge in [0, 0.05) is 59.2 Å². The molecule has 4 rings (SSSR count). The Bertz CT molecular complexity index is 1200. The van der Waals surface area contributed by atoms with Gasteiger partial charge in [0.2, 0.25) is 17.4 Å². The van der Waals surface area contributed by atoms with Crippen LogP contribution in [-0.4, -0.2) is 93.8 Å². The molecule has 4 heterocycles. The topological polar surface area (TPSA) is 210 Å². The molecule has 13 nitrogen and oxygen atoms in total. The first-order chi connectivity index (χ1) is 17.3. The molecule has 1 unspecified atom stereocenters. The number of hydrogen-bond acceptors (Lipinski definition) is 14. The number of carboxylic acid groups (broad SMARTS) is 1. The van der Waals surface area contributed by atoms with Crippen molar-refractivity contribution in [3.8, 4) is 0 Å². The first-order valence-corrected chi connectivity index (χ1v) is 14.3. The molecule has 0 spiro atoms. The minimum atomic E-state index is -1.29. The predicted octanol–water partition coefficient (Wildman–Crippen LogP) is -0.0989. The zero-order chi connectivity index (χ0) is 25.9. The highest BCUT2D eigenvalue weighted by molar-refractivity contribution is 8.05. The Kier molecular flexibility index (Phi) is 8.23. The van der Waals surface area contributed by atoms with Crippen LogP contribution >= 0.6 is 46.8 Å². The second kappa shape index (κ2) is 11.2. The number of hydrogen-bond donors (Lipinski definition) is 5. The van der Waals surface area contributed by atoms with E-state index in [1.807, 2.05) is 6.07 Å². The quantitative estimate of drug-likeness (QED) is 0.0831. The van der Waals surface area contributed by atoms with Crippen molar-refractivity contribution >= 4 is 75.4 Å². The van der Waals surface area contributed by atoms with Gasteiger partial charge in [-0.3, -0.25) is 19.4 Å². The van der Waals surface area contributed by atoms with Gasteiger partial charge in [-0.25, -0.2) is 0 Å². The molecule has 0 bridgehead atoms. The number of nitrogens with one attached hydrogen (secondary N) is 1. The maximum atomic E-state index is 12.9. The lowest BCUT2D eigenvalue weighted by Gasteiger charge is -2.53. The number of nitrogen functional groups attached to an aromatic ring is 1. The number of pyridine rings is 1. The van der Waals surface area contributed by atoms with E-state index >= 15 is 0 Å². The zero-order valence-electron chi connectivity index (χ0n) is 18.6. The van der Waals surface area contributed by atoms with Crippen molar-refractivity contribution in [2.24, 2.45) is 10.9 Å². The van der Waals surface area contributed by atoms with Crippen molar-refractivity contribution < 1.29 is 24.7 Å². The first kappa shape index (κ1) is 26.5. The lowest BCUT2D eigenvalue weighted by molar-refractivity contribution is -0.151. The molecule has 0 aliphatic carbocycles. The standard InChI is InChI=1S/C19H22N8O5S4/c20-2-4-33-6-9-1-3-22-5-10(9)35-19(17(30)31)7-27-15(29)12(16(27)34-8-19)23-14(28)11(25-32)13-24-18(21)36-26-13/h1,3,5,12,16,32H,2,4,6-8,20H2,(H,23,28)(H,30,31)(H2,21,24,26)/t12-,16-,19?/m1/s1. The van der Waals surface area contributed by atoms with Crippen LogP contribution in [0.4, 0.5) is 5.13 Å². The Hall–Kier alpha value is -2.60. The molecule has 3 atom stereocenters. The van der Waals surface area contributed by atoms with E-state index in [1.165, 1.54) is 28.4 Å². The molecule has 7 N–H and O–H groups in total. The first-order valence-electron chi connectivity index (χ1n) is 10.5. The van der Waals surface area contributed by atoms with Gasteiger partial charge in [0.25, 0.3) is 5.91 Å². The van der Waals surface area contributed by atoms with E-state index in [2.05, 4.69) is 24.8 Å². The van der Waals surface area contributed by atoms with Gasteiger partial charge in [-0.1, -0.05) is 5.16 Å². The van der Waals surface area contributed by atoms with E-state index in [0.717, 1.165) is 27.7 Å². The largest absolute Gasteiger partial charge is 0.480 e. The molecule has 2 aromatic rings. The average molecular weight is 571 g/mol. The second-order valence-electron chi connectivity index (χ2n) is 7.75. The molecule has 0 saturated carbocycles. The van der Waals surface area contributed by atoms with E-state index in [-0.39, 0.29) is 23.3 Å². The molecule has 36 heavy (non-hydrogen) atoms. The van der Waals surface area contributed by atoms with Gasteiger partial charge in [0.05, 0.1) is 0 Å². The number of thioether (sulfide) groups is 3. The lowest BCUT2D eigenvalue weighted by Crippen LogP contribution is -2.74. The van der Waals surface area contributed by atoms with Crippen molar-refractivity contribution in [1.82, 2.24) is 24.6 Å². The van der Waals surface area contributed by atoms with Gasteiger partial charge in [-0.15, -0.1) is 23.5 Å². The monoisotopic (exact) mass is 570 g/mol. The number of oxime groups is 1. The fourth-order valence-electron chi connectivity index (χ4n) is 3.62. The number of aliphatic carboxylic acids is 1. The zero-order valence-corrected chi connectivity index (χ0v) is 21.8. The molecule has 17 heteroatoms. The Morgan fingerprint density at radius 2 is 2.22 bits per heavy atom. The fourth-order valence-corrected chi connectivity index (χ4v) is 7.85. The Morgan fingerprint density at radius 1 is 1.42 bits per heavy atom. The van der Waals surface area contributed by atoms with Gasteiger partial charge in [0.1, 0.15) is 16.2 Å². The number of carboxylic acids is 1. The number of carbonyl (C=O) groups is 3. The summed E-state index contributed by atoms with van der Waals surface area (Å²) in [6.45, 7) is 0.509. The highest BCUT2D eigenvalue weighted by Gasteiger charge is 2.58. The Morgan fingerprint density at radius 3 is 2.89 bits per heavy atom. The molecule has 192 valence electrons. The van der Waals surface area contributed by atoms with E-state index in [0.29, 0.717) is 12.3 Å². The summed E-state index contributed by atoms with van der Waals surface area (Å²) in [7, 11) is 0. The molecule has 2 fully saturated rings. The molecule has 2 aliphatic rings. The van der Waals surface area contributed by atoms with E-state index in [9.17, 15) is 24.7 Å². The van der Waals surface area contributed by atoms with Gasteiger partial charge < -0.3 is 32.0 Å². The van der Waals surface area contributed by atoms with Gasteiger partial charge in [0.15, 0.2) is 5.13 Å². The minimum absolute atomic E-state index is 0.0364. The van der Waals surface area contributed by atoms with E-state index < -0.39 is 39.7 Å². The van der Waals surface area contributed by atoms with Crippen LogP contribution in [0.3, 0.4) is 0 Å². The summed E-state index contributed by atoms with van der Waals surface area (Å²) in [5.74, 6) is -0.825. The third kappa shape index (κ3) is 5.24. The van der Waals surface area contributed by atoms with Gasteiger partial charge in [-0.2, -0.15) is 21.1 Å². The highest BCUT2D eigenvalue weighted by atomic mass is 32.2. The molecule has 2 amide bonds. The molecule has 0 radical (unpaired) electrons. The number of β-lactam (4-membered cyclic amide) rings is 1. The van der Waals surface area contributed by atoms with Crippen LogP contribution in [0.5, 0.6) is 0 Å². The van der Waals surface area contributed by atoms with Crippen molar-refractivity contribution in [3.63, 3.8) is 0 Å². The summed E-state index contributed by atoms with van der Waals surface area (Å²) in [6, 6.07) is 0.944. The molecule has 2 aliphatic heterocycles. The number of aromatic nitrogens is 3. The Labute approximate surface area is 222 Å². The molecular weight excluding hydrogens is 549 g/mol. The van der Waals surface area contributed by atoms with Crippen molar-refractivity contribution in [2.45, 2.75) is 26.8 Å². The normalized spacial score (nSPS) is 23.6. The van der Waals surface area contributed by atoms with Crippen LogP contribution in [0.2, 0.25) is 0 Å². The van der Waals surface area contributed by atoms with E-state index in [1.54, 1.807) is 24.2 Å². The predicted molar refractivity (Wildman–Crippen MR) is 138 cm³/mol. The lowest BCUT2D eigenvalue weighted by atomic mass is 10.0. The molecule has 2 aromatic heterocycles. The fraction of sp³-hybridized carbons (Fsp3) is 0.421. The van der Waals surface area contributed by atoms with Crippen LogP contribution in [0.25, 0.3) is 0 Å². The highest BCUT2D eigenvalue weighted by Crippen LogP contribution is 2.47. The summed E-state index contributed by atoms with van der Waals surface area (Å²) < 4.78 is 2.55. The van der Waals surface area contributed by atoms with Crippen molar-refractivity contribution in [1.29, 1.82) is 0 Å². The number of amides is 2. The van der Waals surface area contributed by atoms with Crippen LogP contribution < -0.4 is 16.8 Å². The third-order valence-electron chi connectivity index (χ3n) is 5.39. The summed E-state index contributed by atoms with van der Waals surface area (Å²) >= 11 is 4.92. The number of nitrogens with two attached hydrogens (primary N) is 2. The van der Waals surface area contributed by atoms with E-state index in [4.69, 9.17) is 11.5 Å². The number of fused-ring (bicyclic) bond motifs is 1. The average Bonchev–Trinajstić information content (AvgIpc) is 3.29. The minimum Gasteiger partial charge on any atom is -0.480 e. The smallest absolute Gasteiger partial charge is 0.322 e. The summed E-state index contributed by atoms with van der Waals surface area (Å²) in [4.78, 5) is 48.1. The number of anilines is 1. The van der Waals surface area contributed by atoms with Crippen LogP contribution in [-0.2, 0) is 20.1 Å². The molecule has 2 saturated heterocycles.